The first-order valence-electron chi connectivity index (χ1n) is 12.6. The van der Waals surface area contributed by atoms with Crippen molar-refractivity contribution < 1.29 is 0 Å². The topological polar surface area (TPSA) is 57.4 Å². The lowest BCUT2D eigenvalue weighted by molar-refractivity contribution is 0.403. The Labute approximate surface area is 192 Å². The maximum Gasteiger partial charge on any atom is 0.0958 e. The molecule has 2 heterocycles. The summed E-state index contributed by atoms with van der Waals surface area (Å²) in [7, 11) is 0. The number of hydrogen-bond acceptors (Lipinski definition) is 2. The van der Waals surface area contributed by atoms with Crippen molar-refractivity contribution in [3.05, 3.63) is 46.8 Å². The summed E-state index contributed by atoms with van der Waals surface area (Å²) in [4.78, 5) is 0. The van der Waals surface area contributed by atoms with Crippen LogP contribution in [-0.2, 0) is 0 Å². The Bertz CT molecular complexity index is 998. The van der Waals surface area contributed by atoms with Crippen molar-refractivity contribution in [2.24, 2.45) is 11.8 Å². The van der Waals surface area contributed by atoms with E-state index in [4.69, 9.17) is 10.2 Å². The van der Waals surface area contributed by atoms with Crippen LogP contribution >= 0.6 is 0 Å². The molecule has 4 atom stereocenters. The SMILES string of the molecule is CC(C)[C@@H]1CC[C@@H](C)c2c(-c3ccc(-c4n[nH]c5c4[C@H](C)CC[C@H]5C(C)C)cc3)n[nH]c21. The van der Waals surface area contributed by atoms with E-state index in [0.717, 1.165) is 11.4 Å². The Balaban J connectivity index is 1.50. The number of benzene rings is 1. The number of hydrogen-bond donors (Lipinski definition) is 2. The van der Waals surface area contributed by atoms with Crippen LogP contribution < -0.4 is 0 Å². The molecule has 0 spiro atoms. The number of nitrogens with zero attached hydrogens (tertiary/aromatic N) is 2. The first-order chi connectivity index (χ1) is 15.4. The third-order valence-electron chi connectivity index (χ3n) is 8.26. The van der Waals surface area contributed by atoms with Gasteiger partial charge in [-0.2, -0.15) is 10.2 Å². The van der Waals surface area contributed by atoms with Gasteiger partial charge in [0.25, 0.3) is 0 Å². The van der Waals surface area contributed by atoms with Crippen LogP contribution in [-0.4, -0.2) is 20.4 Å². The Kier molecular flexibility index (Phi) is 5.51. The van der Waals surface area contributed by atoms with E-state index < -0.39 is 0 Å². The van der Waals surface area contributed by atoms with Crippen molar-refractivity contribution in [3.63, 3.8) is 0 Å². The van der Waals surface area contributed by atoms with Crippen molar-refractivity contribution in [3.8, 4) is 22.5 Å². The second kappa shape index (κ2) is 8.20. The van der Waals surface area contributed by atoms with Gasteiger partial charge >= 0.3 is 0 Å². The average Bonchev–Trinajstić information content (AvgIpc) is 3.40. The first-order valence-corrected chi connectivity index (χ1v) is 12.6. The molecule has 0 saturated heterocycles. The summed E-state index contributed by atoms with van der Waals surface area (Å²) >= 11 is 0. The van der Waals surface area contributed by atoms with Crippen LogP contribution in [0, 0.1) is 11.8 Å². The molecule has 0 fully saturated rings. The van der Waals surface area contributed by atoms with Crippen molar-refractivity contribution in [1.82, 2.24) is 20.4 Å². The van der Waals surface area contributed by atoms with E-state index in [2.05, 4.69) is 76.0 Å². The molecule has 2 aromatic heterocycles. The zero-order chi connectivity index (χ0) is 22.6. The number of aromatic amines is 2. The largest absolute Gasteiger partial charge is 0.281 e. The van der Waals surface area contributed by atoms with Gasteiger partial charge in [-0.1, -0.05) is 65.8 Å². The predicted octanol–water partition coefficient (Wildman–Crippen LogP) is 7.74. The average molecular weight is 431 g/mol. The summed E-state index contributed by atoms with van der Waals surface area (Å²) in [5.74, 6) is 3.57. The monoisotopic (exact) mass is 430 g/mol. The highest BCUT2D eigenvalue weighted by Crippen LogP contribution is 2.46. The van der Waals surface area contributed by atoms with Gasteiger partial charge < -0.3 is 0 Å². The third kappa shape index (κ3) is 3.43. The number of H-pyrrole nitrogens is 2. The Morgan fingerprint density at radius 2 is 1.03 bits per heavy atom. The summed E-state index contributed by atoms with van der Waals surface area (Å²) in [6.07, 6.45) is 5.00. The second-order valence-corrected chi connectivity index (χ2v) is 11.0. The fourth-order valence-corrected chi connectivity index (χ4v) is 6.29. The highest BCUT2D eigenvalue weighted by molar-refractivity contribution is 5.72. The first kappa shape index (κ1) is 21.5. The van der Waals surface area contributed by atoms with E-state index >= 15 is 0 Å². The fourth-order valence-electron chi connectivity index (χ4n) is 6.29. The van der Waals surface area contributed by atoms with Gasteiger partial charge in [-0.15, -0.1) is 0 Å². The molecule has 0 bridgehead atoms. The predicted molar refractivity (Wildman–Crippen MR) is 132 cm³/mol. The molecular formula is C28H38N4. The molecule has 2 aliphatic carbocycles. The molecule has 2 aliphatic rings. The van der Waals surface area contributed by atoms with Crippen LogP contribution in [0.2, 0.25) is 0 Å². The van der Waals surface area contributed by atoms with Crippen molar-refractivity contribution in [1.29, 1.82) is 0 Å². The summed E-state index contributed by atoms with van der Waals surface area (Å²) in [5.41, 5.74) is 10.3. The van der Waals surface area contributed by atoms with E-state index in [1.54, 1.807) is 0 Å². The van der Waals surface area contributed by atoms with Crippen LogP contribution in [0.3, 0.4) is 0 Å². The third-order valence-corrected chi connectivity index (χ3v) is 8.26. The van der Waals surface area contributed by atoms with Gasteiger partial charge in [0.1, 0.15) is 0 Å². The quantitative estimate of drug-likeness (QED) is 0.445. The summed E-state index contributed by atoms with van der Waals surface area (Å²) < 4.78 is 0. The van der Waals surface area contributed by atoms with Crippen molar-refractivity contribution in [2.45, 2.75) is 90.9 Å². The van der Waals surface area contributed by atoms with Gasteiger partial charge in [-0.25, -0.2) is 0 Å². The molecule has 0 amide bonds. The minimum Gasteiger partial charge on any atom is -0.281 e. The highest BCUT2D eigenvalue weighted by atomic mass is 15.1. The normalized spacial score (nSPS) is 25.2. The van der Waals surface area contributed by atoms with Gasteiger partial charge in [-0.05, 0) is 49.4 Å². The molecule has 0 aliphatic heterocycles. The molecule has 4 heteroatoms. The van der Waals surface area contributed by atoms with Gasteiger partial charge in [0.05, 0.1) is 11.4 Å². The Morgan fingerprint density at radius 1 is 0.656 bits per heavy atom. The van der Waals surface area contributed by atoms with Crippen LogP contribution in [0.1, 0.15) is 113 Å². The molecule has 0 radical (unpaired) electrons. The molecule has 5 rings (SSSR count). The molecule has 2 N–H and O–H groups in total. The van der Waals surface area contributed by atoms with Crippen LogP contribution in [0.15, 0.2) is 24.3 Å². The fraction of sp³-hybridized carbons (Fsp3) is 0.571. The minimum absolute atomic E-state index is 0.556. The lowest BCUT2D eigenvalue weighted by atomic mass is 9.75. The van der Waals surface area contributed by atoms with E-state index in [0.29, 0.717) is 35.5 Å². The number of aromatic nitrogens is 4. The minimum atomic E-state index is 0.556. The van der Waals surface area contributed by atoms with Crippen molar-refractivity contribution >= 4 is 0 Å². The van der Waals surface area contributed by atoms with Crippen LogP contribution in [0.4, 0.5) is 0 Å². The van der Waals surface area contributed by atoms with E-state index in [1.807, 2.05) is 0 Å². The number of rotatable bonds is 4. The summed E-state index contributed by atoms with van der Waals surface area (Å²) in [5, 5.41) is 16.5. The van der Waals surface area contributed by atoms with Crippen molar-refractivity contribution in [2.75, 3.05) is 0 Å². The van der Waals surface area contributed by atoms with Gasteiger partial charge in [0.2, 0.25) is 0 Å². The second-order valence-electron chi connectivity index (χ2n) is 11.0. The molecule has 3 aromatic rings. The molecule has 170 valence electrons. The van der Waals surface area contributed by atoms with E-state index in [9.17, 15) is 0 Å². The number of fused-ring (bicyclic) bond motifs is 2. The number of nitrogens with one attached hydrogen (secondary N) is 2. The molecular weight excluding hydrogens is 392 g/mol. The summed E-state index contributed by atoms with van der Waals surface area (Å²) in [6, 6.07) is 8.97. The van der Waals surface area contributed by atoms with Gasteiger partial charge in [0, 0.05) is 45.5 Å². The maximum absolute atomic E-state index is 4.81. The maximum atomic E-state index is 4.81. The van der Waals surface area contributed by atoms with Gasteiger partial charge in [-0.3, -0.25) is 10.2 Å². The molecule has 4 nitrogen and oxygen atoms in total. The van der Waals surface area contributed by atoms with E-state index in [-0.39, 0.29) is 0 Å². The lowest BCUT2D eigenvalue weighted by Crippen LogP contribution is -2.16. The Morgan fingerprint density at radius 3 is 1.38 bits per heavy atom. The standard InChI is InChI=1S/C28H38N4/c1-15(2)21-13-7-17(5)23-25(29-31-27(21)23)19-9-11-20(12-10-19)26-24-18(6)8-14-22(16(3)4)28(24)32-30-26/h9-12,15-18,21-22H,7-8,13-14H2,1-6H3,(H,29,31)(H,30,32)/t17-,18-,21+,22+/m1/s1. The molecule has 0 unspecified atom stereocenters. The van der Waals surface area contributed by atoms with Crippen LogP contribution in [0.25, 0.3) is 22.5 Å². The van der Waals surface area contributed by atoms with Gasteiger partial charge in [0.15, 0.2) is 0 Å². The zero-order valence-corrected chi connectivity index (χ0v) is 20.5. The van der Waals surface area contributed by atoms with E-state index in [1.165, 1.54) is 59.3 Å². The Hall–Kier alpha value is -2.36. The molecule has 32 heavy (non-hydrogen) atoms. The smallest absolute Gasteiger partial charge is 0.0958 e. The molecule has 0 saturated carbocycles. The highest BCUT2D eigenvalue weighted by Gasteiger charge is 2.33. The summed E-state index contributed by atoms with van der Waals surface area (Å²) in [6.45, 7) is 14.0. The zero-order valence-electron chi connectivity index (χ0n) is 20.5. The molecule has 1 aromatic carbocycles. The van der Waals surface area contributed by atoms with Crippen LogP contribution in [0.5, 0.6) is 0 Å². The lowest BCUT2D eigenvalue weighted by Gasteiger charge is -2.29.